The summed E-state index contributed by atoms with van der Waals surface area (Å²) in [6, 6.07) is 4.70. The van der Waals surface area contributed by atoms with Crippen LogP contribution < -0.4 is 20.1 Å². The summed E-state index contributed by atoms with van der Waals surface area (Å²) in [7, 11) is 2.99. The number of alkyl halides is 3. The van der Waals surface area contributed by atoms with Gasteiger partial charge >= 0.3 is 6.18 Å². The van der Waals surface area contributed by atoms with Crippen LogP contribution in [0.15, 0.2) is 24.4 Å². The maximum atomic E-state index is 12.3. The quantitative estimate of drug-likeness (QED) is 0.764. The molecule has 2 heterocycles. The molecule has 2 rings (SSSR count). The summed E-state index contributed by atoms with van der Waals surface area (Å²) < 4.78 is 46.4. The van der Waals surface area contributed by atoms with Gasteiger partial charge in [-0.25, -0.2) is 9.97 Å². The van der Waals surface area contributed by atoms with E-state index in [1.165, 1.54) is 19.4 Å². The lowest BCUT2D eigenvalue weighted by atomic mass is 10.2. The fourth-order valence-electron chi connectivity index (χ4n) is 2.19. The number of aryl methyl sites for hydroxylation is 1. The molecule has 27 heavy (non-hydrogen) atoms. The van der Waals surface area contributed by atoms with Gasteiger partial charge in [0.05, 0.1) is 7.11 Å². The third-order valence-corrected chi connectivity index (χ3v) is 3.39. The normalized spacial score (nSPS) is 11.0. The molecule has 0 aliphatic heterocycles. The third-order valence-electron chi connectivity index (χ3n) is 3.39. The van der Waals surface area contributed by atoms with Crippen molar-refractivity contribution in [3.8, 4) is 11.6 Å². The zero-order valence-corrected chi connectivity index (χ0v) is 15.0. The molecule has 0 radical (unpaired) electrons. The predicted molar refractivity (Wildman–Crippen MR) is 92.0 cm³/mol. The minimum absolute atomic E-state index is 0.0447. The summed E-state index contributed by atoms with van der Waals surface area (Å²) in [5.74, 6) is 0.0135. The summed E-state index contributed by atoms with van der Waals surface area (Å²) in [5, 5.41) is 5.58. The van der Waals surface area contributed by atoms with Crippen LogP contribution in [-0.4, -0.2) is 42.8 Å². The fraction of sp³-hybridized carbons (Fsp3) is 0.353. The van der Waals surface area contributed by atoms with E-state index in [4.69, 9.17) is 4.74 Å². The van der Waals surface area contributed by atoms with Crippen LogP contribution in [0.3, 0.4) is 0 Å². The maximum Gasteiger partial charge on any atom is 0.422 e. The molecular formula is C17H19F3N4O3. The number of pyridine rings is 2. The summed E-state index contributed by atoms with van der Waals surface area (Å²) in [6.45, 7) is 0.408. The molecule has 7 nitrogen and oxygen atoms in total. The van der Waals surface area contributed by atoms with Gasteiger partial charge in [-0.2, -0.15) is 13.2 Å². The maximum absolute atomic E-state index is 12.3. The lowest BCUT2D eigenvalue weighted by Gasteiger charge is -2.13. The Morgan fingerprint density at radius 3 is 2.63 bits per heavy atom. The molecule has 0 saturated carbocycles. The van der Waals surface area contributed by atoms with Crippen molar-refractivity contribution in [2.45, 2.75) is 19.6 Å². The molecule has 2 N–H and O–H groups in total. The zero-order chi connectivity index (χ0) is 20.0. The number of amides is 1. The van der Waals surface area contributed by atoms with Crippen LogP contribution in [0.5, 0.6) is 11.6 Å². The lowest BCUT2D eigenvalue weighted by molar-refractivity contribution is -0.154. The van der Waals surface area contributed by atoms with Gasteiger partial charge in [0.25, 0.3) is 11.8 Å². The number of hydrogen-bond acceptors (Lipinski definition) is 6. The van der Waals surface area contributed by atoms with Crippen LogP contribution in [0.2, 0.25) is 0 Å². The number of carbonyl (C=O) groups is 1. The highest BCUT2D eigenvalue weighted by atomic mass is 19.4. The van der Waals surface area contributed by atoms with Crippen LogP contribution in [0.4, 0.5) is 19.0 Å². The van der Waals surface area contributed by atoms with Crippen LogP contribution in [0.25, 0.3) is 0 Å². The van der Waals surface area contributed by atoms with Crippen molar-refractivity contribution in [2.75, 3.05) is 26.1 Å². The Balaban J connectivity index is 2.05. The minimum Gasteiger partial charge on any atom is -0.491 e. The second-order valence-corrected chi connectivity index (χ2v) is 5.57. The van der Waals surface area contributed by atoms with E-state index in [-0.39, 0.29) is 24.1 Å². The van der Waals surface area contributed by atoms with E-state index < -0.39 is 12.8 Å². The van der Waals surface area contributed by atoms with Gasteiger partial charge < -0.3 is 20.1 Å². The van der Waals surface area contributed by atoms with E-state index in [9.17, 15) is 18.0 Å². The molecule has 0 bridgehead atoms. The number of carbonyl (C=O) groups excluding carboxylic acids is 1. The van der Waals surface area contributed by atoms with Gasteiger partial charge in [-0.15, -0.1) is 0 Å². The Bertz CT molecular complexity index is 812. The molecule has 2 aromatic rings. The highest BCUT2D eigenvalue weighted by Crippen LogP contribution is 2.27. The summed E-state index contributed by atoms with van der Waals surface area (Å²) >= 11 is 0. The van der Waals surface area contributed by atoms with Crippen molar-refractivity contribution in [3.63, 3.8) is 0 Å². The van der Waals surface area contributed by atoms with Crippen LogP contribution in [0, 0.1) is 6.92 Å². The van der Waals surface area contributed by atoms with E-state index in [1.807, 2.05) is 0 Å². The van der Waals surface area contributed by atoms with Crippen LogP contribution >= 0.6 is 0 Å². The topological polar surface area (TPSA) is 85.4 Å². The van der Waals surface area contributed by atoms with Crippen LogP contribution in [0.1, 0.15) is 21.6 Å². The minimum atomic E-state index is -4.48. The Morgan fingerprint density at radius 1 is 1.26 bits per heavy atom. The van der Waals surface area contributed by atoms with Gasteiger partial charge in [0.2, 0.25) is 0 Å². The third kappa shape index (κ3) is 6.01. The van der Waals surface area contributed by atoms with Gasteiger partial charge in [-0.1, -0.05) is 0 Å². The molecule has 0 aliphatic rings. The zero-order valence-electron chi connectivity index (χ0n) is 15.0. The SMILES string of the molecule is CNc1cc(C(=O)NCc2cnc(OCC(F)(F)F)c(OC)c2)cc(C)n1. The van der Waals surface area contributed by atoms with Crippen molar-refractivity contribution in [1.82, 2.24) is 15.3 Å². The van der Waals surface area contributed by atoms with Crippen molar-refractivity contribution in [3.05, 3.63) is 41.2 Å². The van der Waals surface area contributed by atoms with Gasteiger partial charge in [0.1, 0.15) is 5.82 Å². The molecule has 0 aromatic carbocycles. The number of rotatable bonds is 7. The average molecular weight is 384 g/mol. The number of ether oxygens (including phenoxy) is 2. The molecule has 0 atom stereocenters. The smallest absolute Gasteiger partial charge is 0.422 e. The average Bonchev–Trinajstić information content (AvgIpc) is 2.63. The number of nitrogens with one attached hydrogen (secondary N) is 2. The molecule has 0 saturated heterocycles. The van der Waals surface area contributed by atoms with Crippen molar-refractivity contribution < 1.29 is 27.4 Å². The largest absolute Gasteiger partial charge is 0.491 e. The number of hydrogen-bond donors (Lipinski definition) is 2. The lowest BCUT2D eigenvalue weighted by Crippen LogP contribution is -2.23. The second kappa shape index (κ2) is 8.56. The van der Waals surface area contributed by atoms with Gasteiger partial charge in [0, 0.05) is 31.0 Å². The standard InChI is InChI=1S/C17H19F3N4O3/c1-10-4-12(6-14(21-2)24-10)15(25)22-7-11-5-13(26-3)16(23-8-11)27-9-17(18,19)20/h4-6,8H,7,9H2,1-3H3,(H,21,24)(H,22,25). The van der Waals surface area contributed by atoms with E-state index in [1.54, 1.807) is 26.1 Å². The Hall–Kier alpha value is -3.04. The molecule has 0 fully saturated rings. The monoisotopic (exact) mass is 384 g/mol. The molecule has 0 unspecified atom stereocenters. The van der Waals surface area contributed by atoms with Crippen molar-refractivity contribution >= 4 is 11.7 Å². The van der Waals surface area contributed by atoms with E-state index in [0.29, 0.717) is 22.6 Å². The van der Waals surface area contributed by atoms with Gasteiger partial charge in [-0.3, -0.25) is 4.79 Å². The first-order valence-electron chi connectivity index (χ1n) is 7.89. The van der Waals surface area contributed by atoms with Crippen LogP contribution in [-0.2, 0) is 6.54 Å². The molecule has 0 aliphatic carbocycles. The predicted octanol–water partition coefficient (Wildman–Crippen LogP) is 2.71. The van der Waals surface area contributed by atoms with Crippen molar-refractivity contribution in [1.29, 1.82) is 0 Å². The van der Waals surface area contributed by atoms with E-state index in [0.717, 1.165) is 0 Å². The molecular weight excluding hydrogens is 365 g/mol. The Kier molecular flexibility index (Phi) is 6.43. The Morgan fingerprint density at radius 2 is 2.00 bits per heavy atom. The number of nitrogens with zero attached hydrogens (tertiary/aromatic N) is 2. The second-order valence-electron chi connectivity index (χ2n) is 5.57. The first-order chi connectivity index (χ1) is 12.7. The Labute approximate surface area is 153 Å². The number of anilines is 1. The number of halogens is 3. The van der Waals surface area contributed by atoms with Gasteiger partial charge in [-0.05, 0) is 30.7 Å². The van der Waals surface area contributed by atoms with E-state index in [2.05, 4.69) is 25.3 Å². The first kappa shape index (κ1) is 20.3. The van der Waals surface area contributed by atoms with Crippen molar-refractivity contribution in [2.24, 2.45) is 0 Å². The summed E-state index contributed by atoms with van der Waals surface area (Å²) in [6.07, 6.45) is -3.17. The number of aromatic nitrogens is 2. The van der Waals surface area contributed by atoms with Gasteiger partial charge in [0.15, 0.2) is 12.4 Å². The highest BCUT2D eigenvalue weighted by molar-refractivity contribution is 5.94. The summed E-state index contributed by atoms with van der Waals surface area (Å²) in [5.41, 5.74) is 1.65. The molecule has 2 aromatic heterocycles. The van der Waals surface area contributed by atoms with E-state index >= 15 is 0 Å². The molecule has 10 heteroatoms. The molecule has 146 valence electrons. The molecule has 1 amide bonds. The summed E-state index contributed by atoms with van der Waals surface area (Å²) in [4.78, 5) is 20.3. The highest BCUT2D eigenvalue weighted by Gasteiger charge is 2.29. The first-order valence-corrected chi connectivity index (χ1v) is 7.89. The number of methoxy groups -OCH3 is 1. The fourth-order valence-corrected chi connectivity index (χ4v) is 2.19. The molecule has 0 spiro atoms.